The van der Waals surface area contributed by atoms with E-state index in [2.05, 4.69) is 24.1 Å². The molecule has 0 bridgehead atoms. The lowest BCUT2D eigenvalue weighted by atomic mass is 9.73. The number of carbonyl (C=O) groups excluding carboxylic acids is 2. The molecule has 0 radical (unpaired) electrons. The molecule has 0 aromatic rings. The molecule has 1 spiro atoms. The third-order valence-electron chi connectivity index (χ3n) is 7.95. The first kappa shape index (κ1) is 18.3. The van der Waals surface area contributed by atoms with Crippen LogP contribution in [0, 0.1) is 23.2 Å². The molecule has 1 N–H and O–H groups in total. The van der Waals surface area contributed by atoms with E-state index in [1.807, 2.05) is 0 Å². The molecule has 3 atom stereocenters. The summed E-state index contributed by atoms with van der Waals surface area (Å²) in [5.74, 6) is 2.42. The van der Waals surface area contributed by atoms with Gasteiger partial charge in [0.25, 0.3) is 0 Å². The van der Waals surface area contributed by atoms with E-state index < -0.39 is 0 Å². The van der Waals surface area contributed by atoms with Crippen LogP contribution >= 0.6 is 0 Å². The van der Waals surface area contributed by atoms with Gasteiger partial charge in [0.2, 0.25) is 11.8 Å². The number of carbonyl (C=O) groups is 2. The summed E-state index contributed by atoms with van der Waals surface area (Å²) in [6.07, 6.45) is 13.6. The van der Waals surface area contributed by atoms with Gasteiger partial charge in [0.05, 0.1) is 0 Å². The van der Waals surface area contributed by atoms with Gasteiger partial charge in [-0.15, -0.1) is 0 Å². The van der Waals surface area contributed by atoms with Crippen molar-refractivity contribution < 1.29 is 9.59 Å². The van der Waals surface area contributed by atoms with Crippen LogP contribution in [-0.2, 0) is 9.59 Å². The molecule has 4 nitrogen and oxygen atoms in total. The van der Waals surface area contributed by atoms with Crippen LogP contribution in [-0.4, -0.2) is 35.3 Å². The van der Waals surface area contributed by atoms with E-state index in [-0.39, 0.29) is 17.4 Å². The Labute approximate surface area is 158 Å². The van der Waals surface area contributed by atoms with Crippen LogP contribution in [0.5, 0.6) is 0 Å². The van der Waals surface area contributed by atoms with Crippen LogP contribution in [0.1, 0.15) is 84.5 Å². The van der Waals surface area contributed by atoms with Crippen molar-refractivity contribution >= 4 is 11.8 Å². The number of likely N-dealkylation sites (tertiary alicyclic amines) is 1. The highest BCUT2D eigenvalue weighted by Crippen LogP contribution is 2.52. The van der Waals surface area contributed by atoms with Crippen LogP contribution in [0.3, 0.4) is 0 Å². The Morgan fingerprint density at radius 3 is 2.50 bits per heavy atom. The lowest BCUT2D eigenvalue weighted by Crippen LogP contribution is -2.62. The predicted molar refractivity (Wildman–Crippen MR) is 102 cm³/mol. The SMILES string of the molecule is CC[C@H](C[C@@]1(C)CC(=O)N1)C(=O)N1CC2(CCC(C3CCCCC3)C2)C1. The molecule has 2 aliphatic heterocycles. The molecule has 4 aliphatic rings. The molecular formula is C22H36N2O2. The first-order valence-electron chi connectivity index (χ1n) is 11.0. The largest absolute Gasteiger partial charge is 0.350 e. The number of nitrogens with one attached hydrogen (secondary N) is 1. The molecule has 0 aromatic heterocycles. The third-order valence-corrected chi connectivity index (χ3v) is 7.95. The first-order chi connectivity index (χ1) is 12.4. The fourth-order valence-electron chi connectivity index (χ4n) is 6.47. The van der Waals surface area contributed by atoms with Crippen molar-refractivity contribution in [3.63, 3.8) is 0 Å². The number of amides is 2. The third kappa shape index (κ3) is 3.41. The number of hydrogen-bond acceptors (Lipinski definition) is 2. The molecule has 2 saturated heterocycles. The Balaban J connectivity index is 1.28. The summed E-state index contributed by atoms with van der Waals surface area (Å²) in [5.41, 5.74) is 0.292. The van der Waals surface area contributed by atoms with Gasteiger partial charge in [-0.3, -0.25) is 9.59 Å². The molecule has 2 heterocycles. The monoisotopic (exact) mass is 360 g/mol. The van der Waals surface area contributed by atoms with Crippen molar-refractivity contribution in [2.75, 3.05) is 13.1 Å². The van der Waals surface area contributed by atoms with E-state index in [0.717, 1.165) is 37.8 Å². The van der Waals surface area contributed by atoms with Crippen LogP contribution in [0.15, 0.2) is 0 Å². The number of β-lactam (4-membered cyclic amide) rings is 1. The molecule has 0 aromatic carbocycles. The van der Waals surface area contributed by atoms with Crippen molar-refractivity contribution in [1.29, 1.82) is 0 Å². The van der Waals surface area contributed by atoms with Gasteiger partial charge in [-0.05, 0) is 50.9 Å². The zero-order valence-electron chi connectivity index (χ0n) is 16.7. The summed E-state index contributed by atoms with van der Waals surface area (Å²) in [4.78, 5) is 26.4. The van der Waals surface area contributed by atoms with Crippen molar-refractivity contribution in [3.8, 4) is 0 Å². The summed E-state index contributed by atoms with van der Waals surface area (Å²) < 4.78 is 0. The second kappa shape index (κ2) is 6.83. The quantitative estimate of drug-likeness (QED) is 0.756. The maximum Gasteiger partial charge on any atom is 0.225 e. The molecule has 26 heavy (non-hydrogen) atoms. The average molecular weight is 361 g/mol. The summed E-state index contributed by atoms with van der Waals surface area (Å²) in [6, 6.07) is 0. The fourth-order valence-corrected chi connectivity index (χ4v) is 6.47. The van der Waals surface area contributed by atoms with E-state index >= 15 is 0 Å². The highest BCUT2D eigenvalue weighted by molar-refractivity contribution is 5.85. The van der Waals surface area contributed by atoms with Crippen molar-refractivity contribution in [2.45, 2.75) is 90.0 Å². The second-order valence-corrected chi connectivity index (χ2v) is 10.2. The molecule has 2 aliphatic carbocycles. The Hall–Kier alpha value is -1.06. The number of nitrogens with zero attached hydrogens (tertiary/aromatic N) is 1. The molecule has 4 rings (SSSR count). The average Bonchev–Trinajstić information content (AvgIpc) is 3.03. The zero-order chi connectivity index (χ0) is 18.4. The summed E-state index contributed by atoms with van der Waals surface area (Å²) in [5, 5.41) is 2.99. The summed E-state index contributed by atoms with van der Waals surface area (Å²) in [7, 11) is 0. The standard InChI is InChI=1S/C22H36N2O2/c1-3-16(11-21(2)13-19(25)23-21)20(26)24-14-22(15-24)10-9-18(12-22)17-7-5-4-6-8-17/h16-18H,3-15H2,1-2H3,(H,23,25)/t16-,18?,21+/m1/s1. The summed E-state index contributed by atoms with van der Waals surface area (Å²) in [6.45, 7) is 6.17. The van der Waals surface area contributed by atoms with Crippen molar-refractivity contribution in [1.82, 2.24) is 10.2 Å². The minimum Gasteiger partial charge on any atom is -0.350 e. The van der Waals surface area contributed by atoms with Gasteiger partial charge in [-0.2, -0.15) is 0 Å². The highest BCUT2D eigenvalue weighted by Gasteiger charge is 2.52. The minimum absolute atomic E-state index is 0.0634. The molecule has 1 unspecified atom stereocenters. The lowest BCUT2D eigenvalue weighted by Gasteiger charge is -2.50. The Kier molecular flexibility index (Phi) is 4.81. The van der Waals surface area contributed by atoms with Gasteiger partial charge in [0.1, 0.15) is 0 Å². The smallest absolute Gasteiger partial charge is 0.225 e. The summed E-state index contributed by atoms with van der Waals surface area (Å²) >= 11 is 0. The Bertz CT molecular complexity index is 552. The zero-order valence-corrected chi connectivity index (χ0v) is 16.7. The predicted octanol–water partition coefficient (Wildman–Crippen LogP) is 3.89. The van der Waals surface area contributed by atoms with Gasteiger partial charge in [0.15, 0.2) is 0 Å². The molecule has 146 valence electrons. The van der Waals surface area contributed by atoms with E-state index in [0.29, 0.717) is 17.7 Å². The Morgan fingerprint density at radius 1 is 1.19 bits per heavy atom. The lowest BCUT2D eigenvalue weighted by molar-refractivity contribution is -0.150. The van der Waals surface area contributed by atoms with E-state index in [1.165, 1.54) is 51.4 Å². The van der Waals surface area contributed by atoms with Crippen LogP contribution in [0.25, 0.3) is 0 Å². The van der Waals surface area contributed by atoms with Gasteiger partial charge in [-0.25, -0.2) is 0 Å². The van der Waals surface area contributed by atoms with Gasteiger partial charge < -0.3 is 10.2 Å². The molecule has 4 heteroatoms. The van der Waals surface area contributed by atoms with Gasteiger partial charge >= 0.3 is 0 Å². The first-order valence-corrected chi connectivity index (χ1v) is 11.0. The molecule has 2 saturated carbocycles. The van der Waals surface area contributed by atoms with E-state index in [4.69, 9.17) is 0 Å². The number of rotatable bonds is 5. The second-order valence-electron chi connectivity index (χ2n) is 10.2. The molecule has 2 amide bonds. The van der Waals surface area contributed by atoms with E-state index in [1.54, 1.807) is 0 Å². The Morgan fingerprint density at radius 2 is 1.88 bits per heavy atom. The maximum absolute atomic E-state index is 13.0. The van der Waals surface area contributed by atoms with E-state index in [9.17, 15) is 9.59 Å². The maximum atomic E-state index is 13.0. The highest BCUT2D eigenvalue weighted by atomic mass is 16.2. The number of hydrogen-bond donors (Lipinski definition) is 1. The van der Waals surface area contributed by atoms with Crippen LogP contribution in [0.2, 0.25) is 0 Å². The van der Waals surface area contributed by atoms with Crippen molar-refractivity contribution in [2.24, 2.45) is 23.2 Å². The normalized spacial score (nSPS) is 34.9. The molecular weight excluding hydrogens is 324 g/mol. The van der Waals surface area contributed by atoms with Crippen molar-refractivity contribution in [3.05, 3.63) is 0 Å². The van der Waals surface area contributed by atoms with Gasteiger partial charge in [-0.1, -0.05) is 39.0 Å². The minimum atomic E-state index is -0.157. The van der Waals surface area contributed by atoms with Gasteiger partial charge in [0, 0.05) is 36.4 Å². The topological polar surface area (TPSA) is 49.4 Å². The molecule has 4 fully saturated rings. The fraction of sp³-hybridized carbons (Fsp3) is 0.909. The van der Waals surface area contributed by atoms with Crippen LogP contribution < -0.4 is 5.32 Å². The van der Waals surface area contributed by atoms with Crippen LogP contribution in [0.4, 0.5) is 0 Å².